The van der Waals surface area contributed by atoms with Crippen molar-refractivity contribution < 1.29 is 69.1 Å². The Bertz CT molecular complexity index is 532. The standard InChI is InChI=1S/C9H8BF3N3O.K/c1-17-8-5-3-2-4-7(8)16-6-9(14-15-16)10(11,12)13;/h2-6H,1H3;/q-1;+1. The summed E-state index contributed by atoms with van der Waals surface area (Å²) in [6.45, 7) is -5.13. The van der Waals surface area contributed by atoms with Crippen molar-refractivity contribution in [1.29, 1.82) is 0 Å². The smallest absolute Gasteiger partial charge is 0.494 e. The second kappa shape index (κ2) is 6.20. The molecule has 0 fully saturated rings. The molecule has 2 rings (SSSR count). The number of hydrogen-bond donors (Lipinski definition) is 0. The van der Waals surface area contributed by atoms with Crippen LogP contribution < -0.4 is 61.7 Å². The number of aromatic nitrogens is 3. The van der Waals surface area contributed by atoms with E-state index in [4.69, 9.17) is 4.74 Å². The van der Waals surface area contributed by atoms with Gasteiger partial charge in [0.15, 0.2) is 0 Å². The summed E-state index contributed by atoms with van der Waals surface area (Å²) in [5.41, 5.74) is -0.565. The van der Waals surface area contributed by atoms with E-state index in [0.717, 1.165) is 10.9 Å². The van der Waals surface area contributed by atoms with Crippen molar-refractivity contribution >= 4 is 12.6 Å². The second-order valence-corrected chi connectivity index (χ2v) is 3.33. The second-order valence-electron chi connectivity index (χ2n) is 3.33. The predicted molar refractivity (Wildman–Crippen MR) is 56.6 cm³/mol. The van der Waals surface area contributed by atoms with E-state index in [1.54, 1.807) is 24.3 Å². The molecule has 1 heterocycles. The van der Waals surface area contributed by atoms with Gasteiger partial charge in [0.1, 0.15) is 11.4 Å². The molecule has 0 radical (unpaired) electrons. The van der Waals surface area contributed by atoms with Gasteiger partial charge in [0.25, 0.3) is 0 Å². The van der Waals surface area contributed by atoms with E-state index in [-0.39, 0.29) is 51.4 Å². The molecule has 18 heavy (non-hydrogen) atoms. The van der Waals surface area contributed by atoms with Gasteiger partial charge in [0, 0.05) is 11.8 Å². The molecule has 0 aliphatic rings. The Morgan fingerprint density at radius 2 is 1.89 bits per heavy atom. The molecule has 1 aromatic heterocycles. The molecule has 0 aliphatic carbocycles. The molecule has 4 nitrogen and oxygen atoms in total. The van der Waals surface area contributed by atoms with Gasteiger partial charge < -0.3 is 17.7 Å². The first-order chi connectivity index (χ1) is 8.02. The van der Waals surface area contributed by atoms with Gasteiger partial charge in [-0.2, -0.15) is 5.10 Å². The Hall–Kier alpha value is -0.349. The molecule has 90 valence electrons. The predicted octanol–water partition coefficient (Wildman–Crippen LogP) is -1.67. The summed E-state index contributed by atoms with van der Waals surface area (Å²) in [7, 11) is 1.43. The number of benzene rings is 1. The van der Waals surface area contributed by atoms with Crippen molar-refractivity contribution in [3.05, 3.63) is 30.5 Å². The van der Waals surface area contributed by atoms with Crippen LogP contribution in [-0.4, -0.2) is 29.1 Å². The Morgan fingerprint density at radius 1 is 1.22 bits per heavy atom. The molecule has 0 unspecified atom stereocenters. The maximum Gasteiger partial charge on any atom is 1.00 e. The minimum atomic E-state index is -5.13. The van der Waals surface area contributed by atoms with Crippen molar-refractivity contribution in [2.45, 2.75) is 0 Å². The van der Waals surface area contributed by atoms with E-state index in [9.17, 15) is 12.9 Å². The molecule has 1 aromatic carbocycles. The van der Waals surface area contributed by atoms with E-state index in [2.05, 4.69) is 10.3 Å². The Morgan fingerprint density at radius 3 is 2.44 bits per heavy atom. The van der Waals surface area contributed by atoms with Crippen LogP contribution in [0.15, 0.2) is 30.5 Å². The number of ether oxygens (including phenoxy) is 1. The fourth-order valence-electron chi connectivity index (χ4n) is 1.36. The van der Waals surface area contributed by atoms with Crippen LogP contribution in [-0.2, 0) is 0 Å². The average molecular weight is 281 g/mol. The molecule has 0 bridgehead atoms. The van der Waals surface area contributed by atoms with Gasteiger partial charge in [-0.25, -0.2) is 4.68 Å². The fraction of sp³-hybridized carbons (Fsp3) is 0.111. The quantitative estimate of drug-likeness (QED) is 0.632. The maximum atomic E-state index is 12.4. The third kappa shape index (κ3) is 3.35. The minimum absolute atomic E-state index is 0. The molecular weight excluding hydrogens is 273 g/mol. The maximum absolute atomic E-state index is 12.4. The number of halogens is 3. The Balaban J connectivity index is 0.00000162. The summed E-state index contributed by atoms with van der Waals surface area (Å²) < 4.78 is 43.3. The average Bonchev–Trinajstić information content (AvgIpc) is 2.77. The van der Waals surface area contributed by atoms with Crippen LogP contribution in [0.1, 0.15) is 0 Å². The fourth-order valence-corrected chi connectivity index (χ4v) is 1.36. The summed E-state index contributed by atoms with van der Waals surface area (Å²) in [5.74, 6) is 0.429. The summed E-state index contributed by atoms with van der Waals surface area (Å²) >= 11 is 0. The minimum Gasteiger partial charge on any atom is -0.494 e. The number of hydrogen-bond acceptors (Lipinski definition) is 3. The molecule has 0 saturated carbocycles. The van der Waals surface area contributed by atoms with Gasteiger partial charge in [-0.3, -0.25) is 0 Å². The summed E-state index contributed by atoms with van der Waals surface area (Å²) in [5, 5.41) is 6.54. The number of rotatable bonds is 3. The van der Waals surface area contributed by atoms with E-state index in [1.165, 1.54) is 7.11 Å². The summed E-state index contributed by atoms with van der Waals surface area (Å²) in [6, 6.07) is 6.63. The molecule has 0 aliphatic heterocycles. The zero-order chi connectivity index (χ0) is 12.5. The van der Waals surface area contributed by atoms with Crippen LogP contribution in [0.5, 0.6) is 5.75 Å². The van der Waals surface area contributed by atoms with Crippen LogP contribution in [0.3, 0.4) is 0 Å². The molecule has 2 aromatic rings. The molecule has 0 saturated heterocycles. The first-order valence-corrected chi connectivity index (χ1v) is 4.78. The van der Waals surface area contributed by atoms with Crippen molar-refractivity contribution in [1.82, 2.24) is 15.0 Å². The van der Waals surface area contributed by atoms with Crippen molar-refractivity contribution in [3.8, 4) is 11.4 Å². The molecular formula is C9H8BF3KN3O. The molecule has 0 atom stereocenters. The zero-order valence-corrected chi connectivity index (χ0v) is 13.0. The van der Waals surface area contributed by atoms with Crippen LogP contribution in [0, 0.1) is 0 Å². The van der Waals surface area contributed by atoms with E-state index in [1.807, 2.05) is 0 Å². The van der Waals surface area contributed by atoms with Crippen LogP contribution in [0.25, 0.3) is 5.69 Å². The van der Waals surface area contributed by atoms with Gasteiger partial charge in [-0.05, 0) is 12.1 Å². The largest absolute Gasteiger partial charge is 1.00 e. The Labute approximate surface area is 144 Å². The molecule has 0 amide bonds. The summed E-state index contributed by atoms with van der Waals surface area (Å²) in [6.07, 6.45) is 0.845. The van der Waals surface area contributed by atoms with Crippen LogP contribution in [0.2, 0.25) is 0 Å². The van der Waals surface area contributed by atoms with Gasteiger partial charge in [0.05, 0.1) is 7.11 Å². The van der Waals surface area contributed by atoms with Gasteiger partial charge in [-0.15, -0.1) is 0 Å². The monoisotopic (exact) mass is 281 g/mol. The topological polar surface area (TPSA) is 39.9 Å². The van der Waals surface area contributed by atoms with E-state index in [0.29, 0.717) is 11.4 Å². The number of para-hydroxylation sites is 2. The Kier molecular flexibility index (Phi) is 5.41. The normalized spacial score (nSPS) is 10.9. The SMILES string of the molecule is COc1ccccc1-n1cc([B-](F)(F)F)nn1.[K+]. The van der Waals surface area contributed by atoms with Crippen LogP contribution >= 0.6 is 0 Å². The van der Waals surface area contributed by atoms with Gasteiger partial charge >= 0.3 is 58.4 Å². The zero-order valence-electron chi connectivity index (χ0n) is 9.85. The van der Waals surface area contributed by atoms with Crippen molar-refractivity contribution in [2.24, 2.45) is 0 Å². The van der Waals surface area contributed by atoms with Crippen molar-refractivity contribution in [2.75, 3.05) is 7.11 Å². The number of methoxy groups -OCH3 is 1. The third-order valence-electron chi connectivity index (χ3n) is 2.18. The van der Waals surface area contributed by atoms with E-state index < -0.39 is 12.6 Å². The third-order valence-corrected chi connectivity index (χ3v) is 2.18. The first kappa shape index (κ1) is 15.7. The van der Waals surface area contributed by atoms with E-state index >= 15 is 0 Å². The molecule has 0 spiro atoms. The first-order valence-electron chi connectivity index (χ1n) is 4.78. The van der Waals surface area contributed by atoms with Gasteiger partial charge in [0.2, 0.25) is 0 Å². The van der Waals surface area contributed by atoms with Gasteiger partial charge in [-0.1, -0.05) is 17.3 Å². The van der Waals surface area contributed by atoms with Crippen molar-refractivity contribution in [3.63, 3.8) is 0 Å². The van der Waals surface area contributed by atoms with Crippen LogP contribution in [0.4, 0.5) is 12.9 Å². The molecule has 0 N–H and O–H groups in total. The summed E-state index contributed by atoms with van der Waals surface area (Å²) in [4.78, 5) is 0. The molecule has 9 heteroatoms. The number of nitrogens with zero attached hydrogens (tertiary/aromatic N) is 3.